The van der Waals surface area contributed by atoms with Crippen LogP contribution < -0.4 is 14.2 Å². The summed E-state index contributed by atoms with van der Waals surface area (Å²) in [5.74, 6) is 2.38. The van der Waals surface area contributed by atoms with E-state index in [4.69, 9.17) is 14.2 Å². The predicted molar refractivity (Wildman–Crippen MR) is 101 cm³/mol. The highest BCUT2D eigenvalue weighted by molar-refractivity contribution is 8.13. The summed E-state index contributed by atoms with van der Waals surface area (Å²) in [6.45, 7) is 10.4. The Labute approximate surface area is 153 Å². The van der Waals surface area contributed by atoms with Gasteiger partial charge in [-0.1, -0.05) is 18.7 Å². The van der Waals surface area contributed by atoms with E-state index in [1.165, 1.54) is 0 Å². The molecule has 0 unspecified atom stereocenters. The third-order valence-electron chi connectivity index (χ3n) is 3.48. The zero-order chi connectivity index (χ0) is 18.2. The van der Waals surface area contributed by atoms with Crippen LogP contribution >= 0.6 is 11.8 Å². The summed E-state index contributed by atoms with van der Waals surface area (Å²) in [4.78, 5) is 19.1. The molecule has 0 N–H and O–H groups in total. The van der Waals surface area contributed by atoms with Crippen molar-refractivity contribution in [3.63, 3.8) is 0 Å². The number of ether oxygens (including phenoxy) is 3. The lowest BCUT2D eigenvalue weighted by molar-refractivity contribution is 0.0859. The van der Waals surface area contributed by atoms with Crippen molar-refractivity contribution in [2.45, 2.75) is 27.7 Å². The van der Waals surface area contributed by atoms with Gasteiger partial charge in [0.1, 0.15) is 0 Å². The van der Waals surface area contributed by atoms with E-state index in [2.05, 4.69) is 4.99 Å². The first-order valence-electron chi connectivity index (χ1n) is 8.71. The van der Waals surface area contributed by atoms with Gasteiger partial charge in [-0.2, -0.15) is 0 Å². The van der Waals surface area contributed by atoms with E-state index in [1.54, 1.807) is 28.8 Å². The van der Waals surface area contributed by atoms with Gasteiger partial charge < -0.3 is 14.2 Å². The van der Waals surface area contributed by atoms with Crippen molar-refractivity contribution in [3.8, 4) is 17.2 Å². The number of carbonyl (C=O) groups excluding carboxylic acids is 1. The van der Waals surface area contributed by atoms with Gasteiger partial charge in [-0.25, -0.2) is 0 Å². The van der Waals surface area contributed by atoms with Crippen molar-refractivity contribution in [1.29, 1.82) is 0 Å². The van der Waals surface area contributed by atoms with Crippen molar-refractivity contribution >= 4 is 22.8 Å². The van der Waals surface area contributed by atoms with E-state index >= 15 is 0 Å². The fraction of sp³-hybridized carbons (Fsp3) is 0.556. The average Bonchev–Trinajstić information content (AvgIpc) is 3.06. The first-order valence-corrected chi connectivity index (χ1v) is 9.70. The molecule has 0 radical (unpaired) electrons. The number of amidine groups is 1. The SMILES string of the molecule is CCOc1cc(C(=O)N2CCN=C2SCC)cc(OCC)c1OCC. The summed E-state index contributed by atoms with van der Waals surface area (Å²) in [5.41, 5.74) is 0.515. The van der Waals surface area contributed by atoms with E-state index in [0.29, 0.717) is 55.7 Å². The van der Waals surface area contributed by atoms with Crippen LogP contribution in [0.25, 0.3) is 0 Å². The predicted octanol–water partition coefficient (Wildman–Crippen LogP) is 3.45. The molecule has 1 aliphatic rings. The maximum atomic E-state index is 13.0. The zero-order valence-electron chi connectivity index (χ0n) is 15.3. The molecule has 0 aliphatic carbocycles. The molecule has 0 saturated heterocycles. The Hall–Kier alpha value is -1.89. The number of hydrogen-bond acceptors (Lipinski definition) is 6. The van der Waals surface area contributed by atoms with Crippen LogP contribution in [0.15, 0.2) is 17.1 Å². The maximum absolute atomic E-state index is 13.0. The van der Waals surface area contributed by atoms with Gasteiger partial charge in [0.2, 0.25) is 5.75 Å². The van der Waals surface area contributed by atoms with Crippen molar-refractivity contribution < 1.29 is 19.0 Å². The van der Waals surface area contributed by atoms with Crippen LogP contribution in [0.5, 0.6) is 17.2 Å². The molecule has 0 spiro atoms. The van der Waals surface area contributed by atoms with Crippen molar-refractivity contribution in [2.75, 3.05) is 38.7 Å². The molecule has 2 rings (SSSR count). The maximum Gasteiger partial charge on any atom is 0.260 e. The molecule has 7 heteroatoms. The summed E-state index contributed by atoms with van der Waals surface area (Å²) in [6, 6.07) is 3.46. The molecule has 1 aliphatic heterocycles. The van der Waals surface area contributed by atoms with Crippen LogP contribution in [0.3, 0.4) is 0 Å². The second-order valence-electron chi connectivity index (χ2n) is 5.15. The minimum absolute atomic E-state index is 0.0952. The largest absolute Gasteiger partial charge is 0.490 e. The lowest BCUT2D eigenvalue weighted by Crippen LogP contribution is -2.33. The average molecular weight is 366 g/mol. The molecule has 6 nitrogen and oxygen atoms in total. The van der Waals surface area contributed by atoms with E-state index < -0.39 is 0 Å². The second kappa shape index (κ2) is 9.56. The summed E-state index contributed by atoms with van der Waals surface area (Å²) >= 11 is 1.58. The number of nitrogens with zero attached hydrogens (tertiary/aromatic N) is 2. The molecule has 138 valence electrons. The highest BCUT2D eigenvalue weighted by atomic mass is 32.2. The van der Waals surface area contributed by atoms with Crippen molar-refractivity contribution in [3.05, 3.63) is 17.7 Å². The number of benzene rings is 1. The van der Waals surface area contributed by atoms with Gasteiger partial charge in [0.25, 0.3) is 5.91 Å². The van der Waals surface area contributed by atoms with Crippen molar-refractivity contribution in [1.82, 2.24) is 4.90 Å². The van der Waals surface area contributed by atoms with Crippen LogP contribution in [0, 0.1) is 0 Å². The van der Waals surface area contributed by atoms with Gasteiger partial charge in [0, 0.05) is 12.1 Å². The minimum Gasteiger partial charge on any atom is -0.490 e. The van der Waals surface area contributed by atoms with Gasteiger partial charge >= 0.3 is 0 Å². The third kappa shape index (κ3) is 4.60. The van der Waals surface area contributed by atoms with Gasteiger partial charge in [-0.3, -0.25) is 14.7 Å². The Kier molecular flexibility index (Phi) is 7.43. The first kappa shape index (κ1) is 19.4. The molecule has 1 amide bonds. The lowest BCUT2D eigenvalue weighted by Gasteiger charge is -2.20. The van der Waals surface area contributed by atoms with Gasteiger partial charge in [0.05, 0.1) is 26.4 Å². The van der Waals surface area contributed by atoms with Crippen LogP contribution in [0.4, 0.5) is 0 Å². The van der Waals surface area contributed by atoms with Gasteiger partial charge in [0.15, 0.2) is 16.7 Å². The first-order chi connectivity index (χ1) is 12.2. The summed E-state index contributed by atoms with van der Waals surface area (Å²) < 4.78 is 17.1. The molecule has 0 fully saturated rings. The Balaban J connectivity index is 2.39. The lowest BCUT2D eigenvalue weighted by atomic mass is 10.1. The number of hydrogen-bond donors (Lipinski definition) is 0. The Morgan fingerprint density at radius 1 is 1.08 bits per heavy atom. The van der Waals surface area contributed by atoms with Crippen LogP contribution in [-0.4, -0.2) is 54.6 Å². The van der Waals surface area contributed by atoms with E-state index in [-0.39, 0.29) is 5.91 Å². The second-order valence-corrected chi connectivity index (χ2v) is 6.39. The Morgan fingerprint density at radius 3 is 2.20 bits per heavy atom. The topological polar surface area (TPSA) is 60.4 Å². The van der Waals surface area contributed by atoms with E-state index in [9.17, 15) is 4.79 Å². The van der Waals surface area contributed by atoms with Crippen molar-refractivity contribution in [2.24, 2.45) is 4.99 Å². The van der Waals surface area contributed by atoms with Crippen LogP contribution in [-0.2, 0) is 0 Å². The normalized spacial score (nSPS) is 13.6. The van der Waals surface area contributed by atoms with Gasteiger partial charge in [-0.15, -0.1) is 0 Å². The van der Waals surface area contributed by atoms with E-state index in [0.717, 1.165) is 10.9 Å². The zero-order valence-corrected chi connectivity index (χ0v) is 16.1. The smallest absolute Gasteiger partial charge is 0.260 e. The molecule has 1 heterocycles. The molecule has 0 aromatic heterocycles. The molecule has 0 atom stereocenters. The Bertz CT molecular complexity index is 606. The fourth-order valence-corrected chi connectivity index (χ4v) is 3.31. The van der Waals surface area contributed by atoms with E-state index in [1.807, 2.05) is 27.7 Å². The molecule has 0 bridgehead atoms. The number of carbonyl (C=O) groups is 1. The molecular formula is C18H26N2O4S. The molecule has 1 aromatic carbocycles. The number of rotatable bonds is 8. The van der Waals surface area contributed by atoms with Crippen LogP contribution in [0.1, 0.15) is 38.1 Å². The third-order valence-corrected chi connectivity index (χ3v) is 4.37. The quantitative estimate of drug-likeness (QED) is 0.705. The Morgan fingerprint density at radius 2 is 1.68 bits per heavy atom. The molecule has 0 saturated carbocycles. The summed E-state index contributed by atoms with van der Waals surface area (Å²) in [7, 11) is 0. The highest BCUT2D eigenvalue weighted by Crippen LogP contribution is 2.39. The molecular weight excluding hydrogens is 340 g/mol. The fourth-order valence-electron chi connectivity index (χ4n) is 2.54. The number of thioether (sulfide) groups is 1. The summed E-state index contributed by atoms with van der Waals surface area (Å²) in [5, 5.41) is 0.775. The number of aliphatic imine (C=N–C) groups is 1. The standard InChI is InChI=1S/C18H26N2O4S/c1-5-22-14-11-13(12-15(23-6-2)16(14)24-7-3)17(21)20-10-9-19-18(20)25-8-4/h11-12H,5-10H2,1-4H3. The summed E-state index contributed by atoms with van der Waals surface area (Å²) in [6.07, 6.45) is 0. The highest BCUT2D eigenvalue weighted by Gasteiger charge is 2.27. The number of amides is 1. The minimum atomic E-state index is -0.0952. The van der Waals surface area contributed by atoms with Gasteiger partial charge in [-0.05, 0) is 38.7 Å². The van der Waals surface area contributed by atoms with Crippen LogP contribution in [0.2, 0.25) is 0 Å². The molecule has 1 aromatic rings. The molecule has 25 heavy (non-hydrogen) atoms. The monoisotopic (exact) mass is 366 g/mol.